The summed E-state index contributed by atoms with van der Waals surface area (Å²) in [4.78, 5) is 24.2. The van der Waals surface area contributed by atoms with E-state index in [1.807, 2.05) is 0 Å². The molecule has 0 bridgehead atoms. The number of benzene rings is 2. The number of amides is 2. The Morgan fingerprint density at radius 3 is 1.91 bits per heavy atom. The summed E-state index contributed by atoms with van der Waals surface area (Å²) in [6.45, 7) is 2.02. The molecule has 0 aliphatic carbocycles. The smallest absolute Gasteiger partial charge is 0.229 e. The topological polar surface area (TPSA) is 230 Å². The van der Waals surface area contributed by atoms with Gasteiger partial charge in [0.15, 0.2) is 23.0 Å². The van der Waals surface area contributed by atoms with Crippen molar-refractivity contribution in [2.75, 3.05) is 32.8 Å². The largest absolute Gasteiger partial charge is 0.504 e. The molecule has 1 saturated heterocycles. The first-order chi connectivity index (χ1) is 21.6. The average Bonchev–Trinajstić information content (AvgIpc) is 3.02. The maximum absolute atomic E-state index is 12.2. The van der Waals surface area contributed by atoms with Crippen molar-refractivity contribution in [3.63, 3.8) is 0 Å². The number of hydrogen-bond donors (Lipinski definition) is 10. The van der Waals surface area contributed by atoms with Crippen molar-refractivity contribution in [1.29, 1.82) is 0 Å². The molecule has 1 fully saturated rings. The maximum atomic E-state index is 12.2. The molecule has 10 N–H and O–H groups in total. The van der Waals surface area contributed by atoms with Crippen molar-refractivity contribution in [2.45, 2.75) is 75.7 Å². The van der Waals surface area contributed by atoms with E-state index in [4.69, 9.17) is 9.47 Å². The molecule has 2 amide bonds. The van der Waals surface area contributed by atoms with Crippen LogP contribution in [0.25, 0.3) is 0 Å². The third-order valence-corrected chi connectivity index (χ3v) is 7.39. The van der Waals surface area contributed by atoms with Crippen molar-refractivity contribution in [1.82, 2.24) is 16.0 Å². The van der Waals surface area contributed by atoms with E-state index in [9.17, 15) is 45.3 Å². The fourth-order valence-corrected chi connectivity index (χ4v) is 4.69. The van der Waals surface area contributed by atoms with Crippen LogP contribution in [-0.2, 0) is 27.2 Å². The van der Waals surface area contributed by atoms with Gasteiger partial charge in [0.25, 0.3) is 0 Å². The summed E-state index contributed by atoms with van der Waals surface area (Å²) in [5.41, 5.74) is 1.45. The summed E-state index contributed by atoms with van der Waals surface area (Å²) < 4.78 is 10.8. The van der Waals surface area contributed by atoms with Gasteiger partial charge in [-0.25, -0.2) is 0 Å². The fraction of sp³-hybridized carbons (Fsp3) is 0.548. The summed E-state index contributed by atoms with van der Waals surface area (Å²) in [6, 6.07) is 9.03. The van der Waals surface area contributed by atoms with Crippen LogP contribution in [-0.4, -0.2) is 111 Å². The van der Waals surface area contributed by atoms with Gasteiger partial charge in [-0.3, -0.25) is 9.59 Å². The second-order valence-corrected chi connectivity index (χ2v) is 11.0. The summed E-state index contributed by atoms with van der Waals surface area (Å²) in [5.74, 6) is -0.875. The Balaban J connectivity index is 1.20. The highest BCUT2D eigenvalue weighted by Gasteiger charge is 2.44. The Labute approximate surface area is 261 Å². The highest BCUT2D eigenvalue weighted by molar-refractivity contribution is 5.76. The minimum absolute atomic E-state index is 0.0320. The maximum Gasteiger partial charge on any atom is 0.229 e. The number of carbonyl (C=O) groups is 2. The SMILES string of the molecule is O=C(CCc1ccc(O[C@@H]2O[C@H](CO)[C@@H](O)[C@H](O)[C@H]2O)c(O)c1)NCCCCNCCCNC(=O)CCc1ccc(O)c(O)c1. The molecular formula is C31H45N3O11. The van der Waals surface area contributed by atoms with Crippen LogP contribution >= 0.6 is 0 Å². The number of aromatic hydroxyl groups is 3. The van der Waals surface area contributed by atoms with Gasteiger partial charge in [0, 0.05) is 25.9 Å². The molecular weight excluding hydrogens is 590 g/mol. The third kappa shape index (κ3) is 11.7. The van der Waals surface area contributed by atoms with Gasteiger partial charge in [0.05, 0.1) is 6.61 Å². The molecule has 250 valence electrons. The number of rotatable bonds is 18. The number of nitrogens with one attached hydrogen (secondary N) is 3. The molecule has 1 aliphatic rings. The van der Waals surface area contributed by atoms with E-state index in [1.54, 1.807) is 12.1 Å². The molecule has 5 atom stereocenters. The number of aliphatic hydroxyl groups is 4. The number of aliphatic hydroxyl groups excluding tert-OH is 4. The number of phenolic OH excluding ortho intramolecular Hbond substituents is 3. The average molecular weight is 636 g/mol. The lowest BCUT2D eigenvalue weighted by Crippen LogP contribution is -2.60. The van der Waals surface area contributed by atoms with E-state index >= 15 is 0 Å². The standard InChI is InChI=1S/C31H45N3O11/c35-18-25-28(41)29(42)30(43)31(45-25)44-24-9-5-20(17-23(24)38)7-11-26(39)33-14-2-1-12-32-13-3-15-34-27(40)10-6-19-4-8-21(36)22(37)16-19/h4-5,8-9,16-17,25,28-32,35-38,41-43H,1-3,6-7,10-15,18H2,(H,33,39)(H,34,40)/t25-,28-,29+,30-,31-/m1/s1. The molecule has 14 heteroatoms. The monoisotopic (exact) mass is 635 g/mol. The minimum atomic E-state index is -1.60. The van der Waals surface area contributed by atoms with Gasteiger partial charge in [-0.1, -0.05) is 12.1 Å². The first kappa shape index (κ1) is 35.8. The van der Waals surface area contributed by atoms with Gasteiger partial charge >= 0.3 is 0 Å². The van der Waals surface area contributed by atoms with Crippen LogP contribution in [0.5, 0.6) is 23.0 Å². The van der Waals surface area contributed by atoms with Crippen LogP contribution in [0.4, 0.5) is 0 Å². The zero-order valence-electron chi connectivity index (χ0n) is 25.1. The fourth-order valence-electron chi connectivity index (χ4n) is 4.69. The molecule has 14 nitrogen and oxygen atoms in total. The zero-order valence-corrected chi connectivity index (χ0v) is 25.1. The van der Waals surface area contributed by atoms with E-state index < -0.39 is 37.3 Å². The van der Waals surface area contributed by atoms with Gasteiger partial charge in [-0.15, -0.1) is 0 Å². The van der Waals surface area contributed by atoms with E-state index in [0.717, 1.165) is 37.9 Å². The van der Waals surface area contributed by atoms with Crippen LogP contribution in [0, 0.1) is 0 Å². The van der Waals surface area contributed by atoms with Crippen LogP contribution < -0.4 is 20.7 Å². The Morgan fingerprint density at radius 1 is 0.711 bits per heavy atom. The van der Waals surface area contributed by atoms with E-state index in [2.05, 4.69) is 16.0 Å². The van der Waals surface area contributed by atoms with Crippen LogP contribution in [0.2, 0.25) is 0 Å². The number of hydrogen-bond acceptors (Lipinski definition) is 12. The van der Waals surface area contributed by atoms with Gasteiger partial charge < -0.3 is 61.2 Å². The number of aryl methyl sites for hydroxylation is 2. The zero-order chi connectivity index (χ0) is 32.8. The van der Waals surface area contributed by atoms with Crippen molar-refractivity contribution < 1.29 is 54.8 Å². The first-order valence-corrected chi connectivity index (χ1v) is 15.1. The summed E-state index contributed by atoms with van der Waals surface area (Å²) in [6.07, 6.45) is -3.48. The highest BCUT2D eigenvalue weighted by Crippen LogP contribution is 2.31. The van der Waals surface area contributed by atoms with Crippen molar-refractivity contribution in [2.24, 2.45) is 0 Å². The Bertz CT molecular complexity index is 1230. The number of phenols is 3. The molecule has 2 aromatic carbocycles. The normalized spacial score (nSPS) is 21.3. The predicted molar refractivity (Wildman–Crippen MR) is 162 cm³/mol. The lowest BCUT2D eigenvalue weighted by Gasteiger charge is -2.39. The minimum Gasteiger partial charge on any atom is -0.504 e. The van der Waals surface area contributed by atoms with Gasteiger partial charge in [0.1, 0.15) is 24.4 Å². The van der Waals surface area contributed by atoms with Crippen molar-refractivity contribution >= 4 is 11.8 Å². The van der Waals surface area contributed by atoms with E-state index in [1.165, 1.54) is 24.3 Å². The lowest BCUT2D eigenvalue weighted by atomic mass is 9.99. The molecule has 0 saturated carbocycles. The third-order valence-electron chi connectivity index (χ3n) is 7.39. The summed E-state index contributed by atoms with van der Waals surface area (Å²) >= 11 is 0. The number of carbonyl (C=O) groups excluding carboxylic acids is 2. The van der Waals surface area contributed by atoms with Gasteiger partial charge in [0.2, 0.25) is 18.1 Å². The Kier molecular flexibility index (Phi) is 14.6. The molecule has 0 spiro atoms. The highest BCUT2D eigenvalue weighted by atomic mass is 16.7. The summed E-state index contributed by atoms with van der Waals surface area (Å²) in [7, 11) is 0. The van der Waals surface area contributed by atoms with Crippen LogP contribution in [0.1, 0.15) is 43.2 Å². The van der Waals surface area contributed by atoms with E-state index in [0.29, 0.717) is 37.9 Å². The first-order valence-electron chi connectivity index (χ1n) is 15.1. The second kappa shape index (κ2) is 18.3. The lowest BCUT2D eigenvalue weighted by molar-refractivity contribution is -0.277. The predicted octanol–water partition coefficient (Wildman–Crippen LogP) is -0.460. The quantitative estimate of drug-likeness (QED) is 0.0741. The number of unbranched alkanes of at least 4 members (excludes halogenated alkanes) is 1. The molecule has 0 radical (unpaired) electrons. The van der Waals surface area contributed by atoms with Gasteiger partial charge in [-0.2, -0.15) is 0 Å². The van der Waals surface area contributed by atoms with Crippen LogP contribution in [0.3, 0.4) is 0 Å². The molecule has 0 unspecified atom stereocenters. The van der Waals surface area contributed by atoms with Gasteiger partial charge in [-0.05, 0) is 80.6 Å². The van der Waals surface area contributed by atoms with Crippen molar-refractivity contribution in [3.05, 3.63) is 47.5 Å². The molecule has 0 aromatic heterocycles. The summed E-state index contributed by atoms with van der Waals surface area (Å²) in [5, 5.41) is 77.4. The molecule has 45 heavy (non-hydrogen) atoms. The Hall–Kier alpha value is -3.66. The second-order valence-electron chi connectivity index (χ2n) is 11.0. The molecule has 1 heterocycles. The van der Waals surface area contributed by atoms with Crippen LogP contribution in [0.15, 0.2) is 36.4 Å². The van der Waals surface area contributed by atoms with Crippen molar-refractivity contribution in [3.8, 4) is 23.0 Å². The molecule has 2 aromatic rings. The van der Waals surface area contributed by atoms with E-state index in [-0.39, 0.29) is 41.2 Å². The molecule has 1 aliphatic heterocycles. The Morgan fingerprint density at radius 2 is 1.29 bits per heavy atom. The molecule has 3 rings (SSSR count). The number of ether oxygens (including phenoxy) is 2.